The quantitative estimate of drug-likeness (QED) is 0.324. The minimum Gasteiger partial charge on any atom is -0.478 e. The van der Waals surface area contributed by atoms with Gasteiger partial charge in [0.05, 0.1) is 16.8 Å². The number of nitrogens with two attached hydrogens (primary N) is 1. The van der Waals surface area contributed by atoms with E-state index in [2.05, 4.69) is 51.0 Å². The first-order valence-corrected chi connectivity index (χ1v) is 16.1. The van der Waals surface area contributed by atoms with Crippen LogP contribution in [0.25, 0.3) is 0 Å². The molecule has 3 saturated heterocycles. The number of hydrogen-bond acceptors (Lipinski definition) is 10. The van der Waals surface area contributed by atoms with E-state index >= 15 is 0 Å². The predicted octanol–water partition coefficient (Wildman–Crippen LogP) is 3.62. The van der Waals surface area contributed by atoms with Gasteiger partial charge in [0.1, 0.15) is 5.60 Å². The van der Waals surface area contributed by atoms with Crippen molar-refractivity contribution in [3.8, 4) is 0 Å². The van der Waals surface area contributed by atoms with Gasteiger partial charge in [0.2, 0.25) is 0 Å². The summed E-state index contributed by atoms with van der Waals surface area (Å²) in [5.41, 5.74) is 9.73. The topological polar surface area (TPSA) is 118 Å². The zero-order valence-corrected chi connectivity index (χ0v) is 28.0. The number of nitrogens with zero attached hydrogens (tertiary/aromatic N) is 5. The largest absolute Gasteiger partial charge is 0.478 e. The molecule has 3 fully saturated rings. The minimum atomic E-state index is -0.865. The van der Waals surface area contributed by atoms with Crippen LogP contribution >= 0.6 is 0 Å². The molecule has 0 unspecified atom stereocenters. The van der Waals surface area contributed by atoms with Crippen molar-refractivity contribution in [3.63, 3.8) is 0 Å². The van der Waals surface area contributed by atoms with Gasteiger partial charge in [0.15, 0.2) is 0 Å². The second-order valence-corrected chi connectivity index (χ2v) is 13.6. The summed E-state index contributed by atoms with van der Waals surface area (Å²) in [5, 5.41) is 13.0. The van der Waals surface area contributed by atoms with Gasteiger partial charge in [-0.1, -0.05) is 0 Å². The van der Waals surface area contributed by atoms with Gasteiger partial charge in [-0.3, -0.25) is 0 Å². The number of ether oxygens (including phenoxy) is 1. The van der Waals surface area contributed by atoms with Crippen LogP contribution in [0.4, 0.5) is 22.7 Å². The van der Waals surface area contributed by atoms with Crippen molar-refractivity contribution < 1.29 is 19.4 Å². The Hall–Kier alpha value is -3.54. The number of likely N-dealkylation sites (N-methyl/N-ethyl adjacent to an activating group) is 2. The van der Waals surface area contributed by atoms with Crippen molar-refractivity contribution in [3.05, 3.63) is 47.5 Å². The summed E-state index contributed by atoms with van der Waals surface area (Å²) in [5.74, 6) is -1.24. The Morgan fingerprint density at radius 1 is 0.756 bits per heavy atom. The van der Waals surface area contributed by atoms with Gasteiger partial charge in [0.25, 0.3) is 0 Å². The number of benzene rings is 2. The highest BCUT2D eigenvalue weighted by Crippen LogP contribution is 2.28. The standard InChI is InChI=1S/C18H28N4O2.C16H25N3O2/c1-20-7-5-14(6-8-20)19-17-13-15(3-4-16(17)18(23)24)22-11-9-21(2)10-12-22;1-16(2,3)21-15(20)13-6-5-12(11-14(13)17)19-9-7-18(4)8-10-19/h3-4,13-14,19H,5-12H2,1-2H3,(H,23,24);5-6,11H,7-10,17H2,1-4H3. The highest BCUT2D eigenvalue weighted by Gasteiger charge is 2.23. The summed E-state index contributed by atoms with van der Waals surface area (Å²) in [4.78, 5) is 35.2. The Kier molecular flexibility index (Phi) is 11.6. The number of likely N-dealkylation sites (tertiary alicyclic amines) is 1. The number of rotatable bonds is 6. The molecule has 248 valence electrons. The molecule has 45 heavy (non-hydrogen) atoms. The molecule has 0 atom stereocenters. The van der Waals surface area contributed by atoms with Crippen molar-refractivity contribution in [1.29, 1.82) is 0 Å². The smallest absolute Gasteiger partial charge is 0.340 e. The molecule has 0 radical (unpaired) electrons. The number of carboxylic acid groups (broad SMARTS) is 1. The number of hydrogen-bond donors (Lipinski definition) is 3. The second-order valence-electron chi connectivity index (χ2n) is 13.6. The van der Waals surface area contributed by atoms with Gasteiger partial charge in [-0.25, -0.2) is 9.59 Å². The average molecular weight is 624 g/mol. The van der Waals surface area contributed by atoms with E-state index < -0.39 is 11.6 Å². The summed E-state index contributed by atoms with van der Waals surface area (Å²) in [6.07, 6.45) is 2.10. The van der Waals surface area contributed by atoms with E-state index in [9.17, 15) is 14.7 Å². The van der Waals surface area contributed by atoms with Crippen molar-refractivity contribution in [2.45, 2.75) is 45.3 Å². The SMILES string of the molecule is CN1CCC(Nc2cc(N3CCN(C)CC3)ccc2C(=O)O)CC1.CN1CCN(c2ccc(C(=O)OC(C)(C)C)c(N)c2)CC1. The minimum absolute atomic E-state index is 0.349. The van der Waals surface area contributed by atoms with Gasteiger partial charge < -0.3 is 45.4 Å². The highest BCUT2D eigenvalue weighted by atomic mass is 16.6. The molecule has 0 amide bonds. The molecule has 11 heteroatoms. The normalized spacial score (nSPS) is 19.1. The molecule has 11 nitrogen and oxygen atoms in total. The lowest BCUT2D eigenvalue weighted by atomic mass is 10.0. The van der Waals surface area contributed by atoms with E-state index in [0.717, 1.165) is 95.4 Å². The third-order valence-corrected chi connectivity index (χ3v) is 8.70. The Bertz CT molecular complexity index is 1290. The third kappa shape index (κ3) is 9.97. The molecule has 3 aliphatic heterocycles. The molecule has 3 aliphatic rings. The van der Waals surface area contributed by atoms with Crippen LogP contribution < -0.4 is 20.9 Å². The zero-order valence-electron chi connectivity index (χ0n) is 28.0. The van der Waals surface area contributed by atoms with Gasteiger partial charge in [-0.2, -0.15) is 0 Å². The average Bonchev–Trinajstić information content (AvgIpc) is 2.98. The van der Waals surface area contributed by atoms with Gasteiger partial charge in [0, 0.05) is 75.5 Å². The molecule has 5 rings (SSSR count). The molecule has 0 aromatic heterocycles. The van der Waals surface area contributed by atoms with Crippen molar-refractivity contribution in [2.75, 3.05) is 107 Å². The van der Waals surface area contributed by atoms with Gasteiger partial charge in [-0.15, -0.1) is 0 Å². The fourth-order valence-corrected chi connectivity index (χ4v) is 5.80. The summed E-state index contributed by atoms with van der Waals surface area (Å²) in [6.45, 7) is 15.7. The lowest BCUT2D eigenvalue weighted by molar-refractivity contribution is 0.00705. The number of esters is 1. The molecule has 0 bridgehead atoms. The Balaban J connectivity index is 0.000000207. The Morgan fingerprint density at radius 2 is 1.22 bits per heavy atom. The zero-order chi connectivity index (χ0) is 32.7. The van der Waals surface area contributed by atoms with Crippen LogP contribution in [0.2, 0.25) is 0 Å². The molecule has 0 aliphatic carbocycles. The van der Waals surface area contributed by atoms with Crippen LogP contribution in [-0.4, -0.2) is 130 Å². The second kappa shape index (κ2) is 15.2. The van der Waals surface area contributed by atoms with Crippen LogP contribution in [-0.2, 0) is 4.74 Å². The molecular formula is C34H53N7O4. The van der Waals surface area contributed by atoms with Gasteiger partial charge >= 0.3 is 11.9 Å². The lowest BCUT2D eigenvalue weighted by Gasteiger charge is -2.35. The number of carbonyl (C=O) groups excluding carboxylic acids is 1. The number of carbonyl (C=O) groups is 2. The summed E-state index contributed by atoms with van der Waals surface area (Å²) in [6, 6.07) is 11.6. The van der Waals surface area contributed by atoms with E-state index in [-0.39, 0.29) is 5.97 Å². The monoisotopic (exact) mass is 623 g/mol. The maximum absolute atomic E-state index is 12.1. The summed E-state index contributed by atoms with van der Waals surface area (Å²) >= 11 is 0. The van der Waals surface area contributed by atoms with E-state index in [0.29, 0.717) is 22.9 Å². The third-order valence-electron chi connectivity index (χ3n) is 8.70. The number of anilines is 4. The van der Waals surface area contributed by atoms with Crippen LogP contribution in [0.15, 0.2) is 36.4 Å². The number of aromatic carboxylic acids is 1. The van der Waals surface area contributed by atoms with E-state index in [4.69, 9.17) is 10.5 Å². The van der Waals surface area contributed by atoms with E-state index in [1.54, 1.807) is 12.1 Å². The maximum atomic E-state index is 12.1. The molecule has 2 aromatic carbocycles. The summed E-state index contributed by atoms with van der Waals surface area (Å²) < 4.78 is 5.36. The Labute approximate surface area is 268 Å². The molecular weight excluding hydrogens is 570 g/mol. The van der Waals surface area contributed by atoms with Crippen molar-refractivity contribution in [1.82, 2.24) is 14.7 Å². The van der Waals surface area contributed by atoms with Crippen LogP contribution in [0.3, 0.4) is 0 Å². The summed E-state index contributed by atoms with van der Waals surface area (Å²) in [7, 11) is 6.39. The van der Waals surface area contributed by atoms with E-state index in [1.165, 1.54) is 0 Å². The van der Waals surface area contributed by atoms with E-state index in [1.807, 2.05) is 45.0 Å². The number of nitrogens with one attached hydrogen (secondary N) is 1. The van der Waals surface area contributed by atoms with Crippen molar-refractivity contribution >= 4 is 34.7 Å². The van der Waals surface area contributed by atoms with Crippen molar-refractivity contribution in [2.24, 2.45) is 0 Å². The lowest BCUT2D eigenvalue weighted by Crippen LogP contribution is -2.44. The molecule has 2 aromatic rings. The first-order chi connectivity index (χ1) is 21.3. The molecule has 0 saturated carbocycles. The Morgan fingerprint density at radius 3 is 1.69 bits per heavy atom. The fourth-order valence-electron chi connectivity index (χ4n) is 5.80. The fraction of sp³-hybridized carbons (Fsp3) is 0.588. The van der Waals surface area contributed by atoms with Gasteiger partial charge in [-0.05, 0) is 104 Å². The maximum Gasteiger partial charge on any atom is 0.340 e. The first kappa shape index (κ1) is 34.3. The number of piperidine rings is 1. The number of nitrogen functional groups attached to an aromatic ring is 1. The highest BCUT2D eigenvalue weighted by molar-refractivity contribution is 5.96. The first-order valence-electron chi connectivity index (χ1n) is 16.1. The molecule has 3 heterocycles. The number of piperazine rings is 2. The van der Waals surface area contributed by atoms with Crippen LogP contribution in [0.5, 0.6) is 0 Å². The molecule has 0 spiro atoms. The predicted molar refractivity (Wildman–Crippen MR) is 183 cm³/mol. The van der Waals surface area contributed by atoms with Crippen LogP contribution in [0, 0.1) is 0 Å². The van der Waals surface area contributed by atoms with Crippen LogP contribution in [0.1, 0.15) is 54.3 Å². The number of carboxylic acids is 1. The molecule has 4 N–H and O–H groups in total.